The molecule has 31 heavy (non-hydrogen) atoms. The number of ether oxygens (including phenoxy) is 1. The van der Waals surface area contributed by atoms with E-state index in [-0.39, 0.29) is 47.9 Å². The van der Waals surface area contributed by atoms with Crippen molar-refractivity contribution in [1.29, 1.82) is 0 Å². The Balaban J connectivity index is 1.20. The number of carbonyl (C=O) groups is 3. The second kappa shape index (κ2) is 6.64. The topological polar surface area (TPSA) is 63.7 Å². The molecule has 7 rings (SSSR count). The van der Waals surface area contributed by atoms with Crippen molar-refractivity contribution in [3.8, 4) is 5.75 Å². The quantitative estimate of drug-likeness (QED) is 0.425. The van der Waals surface area contributed by atoms with Crippen LogP contribution in [-0.2, 0) is 9.59 Å². The zero-order valence-electron chi connectivity index (χ0n) is 17.2. The summed E-state index contributed by atoms with van der Waals surface area (Å²) in [6, 6.07) is 14.3. The number of carbonyl (C=O) groups excluding carboxylic acids is 3. The molecule has 0 aromatic heterocycles. The zero-order valence-corrected chi connectivity index (χ0v) is 17.2. The predicted molar refractivity (Wildman–Crippen MR) is 115 cm³/mol. The lowest BCUT2D eigenvalue weighted by Crippen LogP contribution is -2.40. The van der Waals surface area contributed by atoms with Crippen molar-refractivity contribution in [2.24, 2.45) is 35.5 Å². The Kier molecular flexibility index (Phi) is 3.98. The van der Waals surface area contributed by atoms with Crippen molar-refractivity contribution in [1.82, 2.24) is 0 Å². The van der Waals surface area contributed by atoms with Gasteiger partial charge in [0.25, 0.3) is 0 Å². The molecule has 0 spiro atoms. The van der Waals surface area contributed by atoms with E-state index in [4.69, 9.17) is 4.74 Å². The van der Waals surface area contributed by atoms with Gasteiger partial charge in [-0.3, -0.25) is 14.4 Å². The first-order valence-corrected chi connectivity index (χ1v) is 10.9. The molecule has 3 fully saturated rings. The molecule has 6 atom stereocenters. The highest BCUT2D eigenvalue weighted by atomic mass is 16.5. The molecule has 1 heterocycles. The lowest BCUT2D eigenvalue weighted by Gasteiger charge is -2.37. The molecule has 2 bridgehead atoms. The van der Waals surface area contributed by atoms with Gasteiger partial charge in [0, 0.05) is 11.6 Å². The van der Waals surface area contributed by atoms with E-state index in [9.17, 15) is 14.4 Å². The first-order chi connectivity index (χ1) is 15.0. The van der Waals surface area contributed by atoms with Gasteiger partial charge >= 0.3 is 0 Å². The molecule has 4 aliphatic carbocycles. The largest absolute Gasteiger partial charge is 0.485 e. The zero-order chi connectivity index (χ0) is 21.3. The van der Waals surface area contributed by atoms with Gasteiger partial charge in [-0.15, -0.1) is 0 Å². The summed E-state index contributed by atoms with van der Waals surface area (Å²) >= 11 is 0. The summed E-state index contributed by atoms with van der Waals surface area (Å²) in [7, 11) is 0. The average molecular weight is 413 g/mol. The molecule has 5 aliphatic rings. The Labute approximate surface area is 180 Å². The summed E-state index contributed by atoms with van der Waals surface area (Å²) in [5.74, 6) is 1.29. The van der Waals surface area contributed by atoms with Crippen molar-refractivity contribution in [3.05, 3.63) is 71.8 Å². The Bertz CT molecular complexity index is 1100. The highest BCUT2D eigenvalue weighted by molar-refractivity contribution is 6.22. The number of hydrogen-bond acceptors (Lipinski definition) is 4. The second-order valence-electron chi connectivity index (χ2n) is 9.24. The lowest BCUT2D eigenvalue weighted by molar-refractivity contribution is -0.124. The highest BCUT2D eigenvalue weighted by Gasteiger charge is 2.67. The van der Waals surface area contributed by atoms with Gasteiger partial charge < -0.3 is 4.74 Å². The maximum Gasteiger partial charge on any atom is 0.238 e. The smallest absolute Gasteiger partial charge is 0.238 e. The van der Waals surface area contributed by atoms with Crippen LogP contribution in [0.4, 0.5) is 5.69 Å². The number of ketones is 1. The Hall–Kier alpha value is -3.21. The number of anilines is 1. The third-order valence-electron chi connectivity index (χ3n) is 7.48. The summed E-state index contributed by atoms with van der Waals surface area (Å²) in [6.07, 6.45) is 5.49. The van der Waals surface area contributed by atoms with Crippen LogP contribution in [0.1, 0.15) is 22.3 Å². The van der Waals surface area contributed by atoms with Crippen LogP contribution in [0.3, 0.4) is 0 Å². The van der Waals surface area contributed by atoms with Crippen molar-refractivity contribution in [3.63, 3.8) is 0 Å². The molecule has 0 radical (unpaired) electrons. The minimum Gasteiger partial charge on any atom is -0.485 e. The molecular formula is C26H23NO4. The highest BCUT2D eigenvalue weighted by Crippen LogP contribution is 2.65. The van der Waals surface area contributed by atoms with Gasteiger partial charge in [0.05, 0.1) is 17.5 Å². The van der Waals surface area contributed by atoms with Crippen LogP contribution in [-0.4, -0.2) is 24.2 Å². The van der Waals surface area contributed by atoms with E-state index in [1.54, 1.807) is 36.4 Å². The fourth-order valence-corrected chi connectivity index (χ4v) is 5.90. The van der Waals surface area contributed by atoms with Gasteiger partial charge in [-0.05, 0) is 49.1 Å². The minimum absolute atomic E-state index is 0.0902. The first-order valence-electron chi connectivity index (χ1n) is 10.9. The molecular weight excluding hydrogens is 390 g/mol. The summed E-state index contributed by atoms with van der Waals surface area (Å²) in [6.45, 7) is 1.87. The molecule has 5 heteroatoms. The van der Waals surface area contributed by atoms with E-state index >= 15 is 0 Å². The minimum atomic E-state index is -0.223. The molecule has 1 aliphatic heterocycles. The van der Waals surface area contributed by atoms with Gasteiger partial charge in [-0.25, -0.2) is 4.90 Å². The predicted octanol–water partition coefficient (Wildman–Crippen LogP) is 3.81. The number of aryl methyl sites for hydroxylation is 1. The van der Waals surface area contributed by atoms with Crippen LogP contribution < -0.4 is 9.64 Å². The van der Waals surface area contributed by atoms with Gasteiger partial charge in [0.2, 0.25) is 11.8 Å². The van der Waals surface area contributed by atoms with E-state index in [0.717, 1.165) is 12.0 Å². The normalized spacial score (nSPS) is 32.1. The van der Waals surface area contributed by atoms with Gasteiger partial charge in [-0.2, -0.15) is 0 Å². The van der Waals surface area contributed by atoms with Crippen LogP contribution in [0.2, 0.25) is 0 Å². The van der Waals surface area contributed by atoms with Crippen LogP contribution in [0.15, 0.2) is 60.7 Å². The molecule has 156 valence electrons. The maximum absolute atomic E-state index is 13.3. The fraction of sp³-hybridized carbons (Fsp3) is 0.346. The second-order valence-corrected chi connectivity index (χ2v) is 9.24. The number of hydrogen-bond donors (Lipinski definition) is 0. The number of rotatable bonds is 5. The van der Waals surface area contributed by atoms with E-state index < -0.39 is 0 Å². The van der Waals surface area contributed by atoms with E-state index in [2.05, 4.69) is 12.2 Å². The molecule has 0 unspecified atom stereocenters. The van der Waals surface area contributed by atoms with Crippen LogP contribution in [0.25, 0.3) is 0 Å². The number of amides is 2. The molecule has 2 aromatic carbocycles. The Morgan fingerprint density at radius 1 is 0.968 bits per heavy atom. The van der Waals surface area contributed by atoms with Crippen molar-refractivity contribution < 1.29 is 19.1 Å². The maximum atomic E-state index is 13.3. The molecule has 1 saturated heterocycles. The van der Waals surface area contributed by atoms with Gasteiger partial charge in [-0.1, -0.05) is 48.0 Å². The summed E-state index contributed by atoms with van der Waals surface area (Å²) < 4.78 is 5.71. The standard InChI is InChI=1S/C26H23NO4/c1-14-5-7-15(8-6-14)22(28)13-31-17-4-2-3-16(11-17)27-25(29)23-18-9-10-19(21-12-20(18)21)24(23)26(27)30/h2-11,18-21,23-24H,12-13H2,1H3/t18-,19+,20-,21-,23+,24-/m1/s1. The number of Topliss-reactive ketones (excluding diaryl/α,β-unsaturated/α-hetero) is 1. The Morgan fingerprint density at radius 3 is 2.26 bits per heavy atom. The number of imide groups is 1. The van der Waals surface area contributed by atoms with Crippen LogP contribution >= 0.6 is 0 Å². The summed E-state index contributed by atoms with van der Waals surface area (Å²) in [4.78, 5) is 40.3. The van der Waals surface area contributed by atoms with Crippen molar-refractivity contribution in [2.75, 3.05) is 11.5 Å². The molecule has 2 saturated carbocycles. The average Bonchev–Trinajstić information content (AvgIpc) is 3.56. The number of benzene rings is 2. The molecule has 0 N–H and O–H groups in total. The molecule has 2 amide bonds. The van der Waals surface area contributed by atoms with Crippen LogP contribution in [0, 0.1) is 42.4 Å². The third kappa shape index (κ3) is 2.79. The molecule has 5 nitrogen and oxygen atoms in total. The van der Waals surface area contributed by atoms with Gasteiger partial charge in [0.15, 0.2) is 12.4 Å². The van der Waals surface area contributed by atoms with Crippen LogP contribution in [0.5, 0.6) is 5.75 Å². The number of allylic oxidation sites excluding steroid dienone is 2. The van der Waals surface area contributed by atoms with Gasteiger partial charge in [0.1, 0.15) is 5.75 Å². The van der Waals surface area contributed by atoms with E-state index in [0.29, 0.717) is 28.8 Å². The van der Waals surface area contributed by atoms with Crippen molar-refractivity contribution >= 4 is 23.3 Å². The van der Waals surface area contributed by atoms with E-state index in [1.165, 1.54) is 4.90 Å². The Morgan fingerprint density at radius 2 is 1.61 bits per heavy atom. The molecule has 2 aromatic rings. The fourth-order valence-electron chi connectivity index (χ4n) is 5.90. The van der Waals surface area contributed by atoms with Crippen molar-refractivity contribution in [2.45, 2.75) is 13.3 Å². The SMILES string of the molecule is Cc1ccc(C(=O)COc2cccc(N3C(=O)[C@@H]4[C@H]5C=C[C@H]([C@H]6C[C@H]56)[C@@H]4C3=O)c2)cc1. The summed E-state index contributed by atoms with van der Waals surface area (Å²) in [5.41, 5.74) is 2.21. The lowest BCUT2D eigenvalue weighted by atomic mass is 9.63. The first kappa shape index (κ1) is 18.6. The number of nitrogens with zero attached hydrogens (tertiary/aromatic N) is 1. The third-order valence-corrected chi connectivity index (χ3v) is 7.48. The summed E-state index contributed by atoms with van der Waals surface area (Å²) in [5, 5.41) is 0. The van der Waals surface area contributed by atoms with E-state index in [1.807, 2.05) is 19.1 Å². The monoisotopic (exact) mass is 413 g/mol.